The molecule has 0 saturated carbocycles. The molecule has 9 nitrogen and oxygen atoms in total. The van der Waals surface area contributed by atoms with E-state index in [1.165, 1.54) is 12.1 Å². The maximum atomic E-state index is 13.3. The molecule has 1 saturated heterocycles. The number of sulfonamides is 1. The number of allylic oxidation sites excluding steroid dienone is 3. The van der Waals surface area contributed by atoms with Gasteiger partial charge >= 0.3 is 6.18 Å². The third kappa shape index (κ3) is 5.68. The average molecular weight is 548 g/mol. The number of para-hydroxylation sites is 1. The second-order valence-electron chi connectivity index (χ2n) is 8.43. The van der Waals surface area contributed by atoms with E-state index in [-0.39, 0.29) is 18.2 Å². The first-order chi connectivity index (χ1) is 18.0. The molecule has 38 heavy (non-hydrogen) atoms. The van der Waals surface area contributed by atoms with E-state index in [0.29, 0.717) is 40.6 Å². The molecule has 0 spiro atoms. The van der Waals surface area contributed by atoms with Gasteiger partial charge in [0, 0.05) is 36.0 Å². The molecule has 0 unspecified atom stereocenters. The first-order valence-electron chi connectivity index (χ1n) is 11.6. The van der Waals surface area contributed by atoms with E-state index in [0.717, 1.165) is 16.7 Å². The summed E-state index contributed by atoms with van der Waals surface area (Å²) in [6, 6.07) is 7.39. The number of halogens is 3. The fraction of sp³-hybridized carbons (Fsp3) is 0.280. The number of amides is 1. The van der Waals surface area contributed by atoms with E-state index in [1.807, 2.05) is 0 Å². The number of carbonyl (C=O) groups is 1. The minimum Gasteiger partial charge on any atom is -0.443 e. The van der Waals surface area contributed by atoms with Gasteiger partial charge in [0.15, 0.2) is 0 Å². The van der Waals surface area contributed by atoms with Gasteiger partial charge in [0.2, 0.25) is 16.8 Å². The monoisotopic (exact) mass is 547 g/mol. The number of hydrogen-bond donors (Lipinski definition) is 1. The second-order valence-corrected chi connectivity index (χ2v) is 10.2. The SMILES string of the molecule is C=N/C(=C\C(=C/C)c1cnc(C(F)(F)F)nc1)CNC(=O)[C@@H]1CCCN1S(=O)(=O)c1cc2ccccc2o1. The summed E-state index contributed by atoms with van der Waals surface area (Å²) in [5.74, 6) is -1.77. The van der Waals surface area contributed by atoms with Crippen molar-refractivity contribution in [1.29, 1.82) is 0 Å². The van der Waals surface area contributed by atoms with Crippen molar-refractivity contribution in [2.75, 3.05) is 13.1 Å². The first kappa shape index (κ1) is 27.2. The van der Waals surface area contributed by atoms with E-state index in [9.17, 15) is 26.4 Å². The third-order valence-electron chi connectivity index (χ3n) is 5.99. The molecule has 0 radical (unpaired) electrons. The summed E-state index contributed by atoms with van der Waals surface area (Å²) in [7, 11) is -4.06. The number of nitrogens with one attached hydrogen (secondary N) is 1. The molecular weight excluding hydrogens is 523 g/mol. The Morgan fingerprint density at radius 3 is 2.63 bits per heavy atom. The van der Waals surface area contributed by atoms with Crippen molar-refractivity contribution < 1.29 is 30.8 Å². The largest absolute Gasteiger partial charge is 0.451 e. The van der Waals surface area contributed by atoms with Crippen molar-refractivity contribution in [1.82, 2.24) is 19.6 Å². The van der Waals surface area contributed by atoms with Crippen LogP contribution in [0.1, 0.15) is 31.2 Å². The molecule has 2 aromatic heterocycles. The Morgan fingerprint density at radius 1 is 1.29 bits per heavy atom. The number of alkyl halides is 3. The zero-order valence-electron chi connectivity index (χ0n) is 20.3. The number of nitrogens with zero attached hydrogens (tertiary/aromatic N) is 4. The predicted octanol–water partition coefficient (Wildman–Crippen LogP) is 4.20. The van der Waals surface area contributed by atoms with Crippen LogP contribution in [0.4, 0.5) is 13.2 Å². The molecule has 1 aliphatic heterocycles. The predicted molar refractivity (Wildman–Crippen MR) is 134 cm³/mol. The number of benzene rings is 1. The minimum atomic E-state index is -4.66. The van der Waals surface area contributed by atoms with Gasteiger partial charge in [-0.15, -0.1) is 0 Å². The molecule has 0 aliphatic carbocycles. The molecule has 0 bridgehead atoms. The molecule has 4 rings (SSSR count). The summed E-state index contributed by atoms with van der Waals surface area (Å²) in [6.07, 6.45) is 1.40. The van der Waals surface area contributed by atoms with Crippen molar-refractivity contribution in [3.05, 3.63) is 72.0 Å². The quantitative estimate of drug-likeness (QED) is 0.334. The Balaban J connectivity index is 1.46. The summed E-state index contributed by atoms with van der Waals surface area (Å²) >= 11 is 0. The van der Waals surface area contributed by atoms with Crippen LogP contribution in [0.15, 0.2) is 75.1 Å². The molecule has 3 heterocycles. The lowest BCUT2D eigenvalue weighted by molar-refractivity contribution is -0.145. The van der Waals surface area contributed by atoms with Gasteiger partial charge in [-0.3, -0.25) is 9.79 Å². The Kier molecular flexibility index (Phi) is 7.78. The van der Waals surface area contributed by atoms with Gasteiger partial charge in [-0.1, -0.05) is 24.3 Å². The Morgan fingerprint density at radius 2 is 2.00 bits per heavy atom. The Bertz CT molecular complexity index is 1480. The van der Waals surface area contributed by atoms with Crippen molar-refractivity contribution >= 4 is 39.2 Å². The summed E-state index contributed by atoms with van der Waals surface area (Å²) in [4.78, 5) is 23.6. The topological polar surface area (TPSA) is 118 Å². The van der Waals surface area contributed by atoms with Crippen LogP contribution in [-0.4, -0.2) is 54.4 Å². The van der Waals surface area contributed by atoms with Crippen LogP contribution in [0.2, 0.25) is 0 Å². The molecule has 1 fully saturated rings. The zero-order chi connectivity index (χ0) is 27.5. The number of hydrogen-bond acceptors (Lipinski definition) is 7. The highest BCUT2D eigenvalue weighted by Gasteiger charge is 2.41. The van der Waals surface area contributed by atoms with Gasteiger partial charge in [0.05, 0.1) is 12.2 Å². The third-order valence-corrected chi connectivity index (χ3v) is 7.76. The number of aliphatic imine (C=N–C) groups is 1. The van der Waals surface area contributed by atoms with Gasteiger partial charge in [0.1, 0.15) is 11.6 Å². The van der Waals surface area contributed by atoms with Gasteiger partial charge in [-0.25, -0.2) is 18.4 Å². The van der Waals surface area contributed by atoms with Crippen molar-refractivity contribution in [2.45, 2.75) is 37.1 Å². The lowest BCUT2D eigenvalue weighted by Gasteiger charge is -2.22. The van der Waals surface area contributed by atoms with Crippen LogP contribution in [-0.2, 0) is 21.0 Å². The number of carbonyl (C=O) groups excluding carboxylic acids is 1. The maximum absolute atomic E-state index is 13.3. The fourth-order valence-electron chi connectivity index (χ4n) is 4.07. The van der Waals surface area contributed by atoms with Crippen molar-refractivity contribution in [3.63, 3.8) is 0 Å². The van der Waals surface area contributed by atoms with Crippen LogP contribution in [0.3, 0.4) is 0 Å². The Hall–Kier alpha value is -3.84. The lowest BCUT2D eigenvalue weighted by Crippen LogP contribution is -2.46. The number of furan rings is 1. The van der Waals surface area contributed by atoms with Crippen LogP contribution in [0.25, 0.3) is 16.5 Å². The van der Waals surface area contributed by atoms with Gasteiger partial charge in [0.25, 0.3) is 10.0 Å². The summed E-state index contributed by atoms with van der Waals surface area (Å²) in [5.41, 5.74) is 1.50. The van der Waals surface area contributed by atoms with E-state index in [2.05, 4.69) is 27.0 Å². The lowest BCUT2D eigenvalue weighted by atomic mass is 10.1. The molecule has 13 heteroatoms. The summed E-state index contributed by atoms with van der Waals surface area (Å²) < 4.78 is 71.5. The van der Waals surface area contributed by atoms with Crippen molar-refractivity contribution in [2.24, 2.45) is 4.99 Å². The molecule has 1 atom stereocenters. The smallest absolute Gasteiger partial charge is 0.443 e. The van der Waals surface area contributed by atoms with E-state index in [1.54, 1.807) is 37.3 Å². The highest BCUT2D eigenvalue weighted by Crippen LogP contribution is 2.30. The number of rotatable bonds is 8. The van der Waals surface area contributed by atoms with E-state index >= 15 is 0 Å². The fourth-order valence-corrected chi connectivity index (χ4v) is 5.68. The standard InChI is InChI=1S/C25H24F3N5O4S/c1-3-16(18-13-31-24(32-14-18)25(26,27)28)11-19(29-2)15-30-23(34)20-8-6-10-33(20)38(35,36)22-12-17-7-4-5-9-21(17)37-22/h3-5,7,9,11-14,20H,2,6,8,10,15H2,1H3,(H,30,34)/b16-3+,19-11-/t20-/m0/s1. The summed E-state index contributed by atoms with van der Waals surface area (Å²) in [6.45, 7) is 5.23. The number of fused-ring (bicyclic) bond motifs is 1. The highest BCUT2D eigenvalue weighted by molar-refractivity contribution is 7.89. The van der Waals surface area contributed by atoms with E-state index < -0.39 is 34.0 Å². The molecular formula is C25H24F3N5O4S. The first-order valence-corrected chi connectivity index (χ1v) is 13.0. The van der Waals surface area contributed by atoms with Crippen LogP contribution >= 0.6 is 0 Å². The second kappa shape index (κ2) is 10.9. The molecule has 1 N–H and O–H groups in total. The van der Waals surface area contributed by atoms with E-state index in [4.69, 9.17) is 4.42 Å². The zero-order valence-corrected chi connectivity index (χ0v) is 21.1. The maximum Gasteiger partial charge on any atom is 0.451 e. The molecule has 1 amide bonds. The van der Waals surface area contributed by atoms with Crippen molar-refractivity contribution in [3.8, 4) is 0 Å². The van der Waals surface area contributed by atoms with Gasteiger partial charge in [-0.2, -0.15) is 17.5 Å². The van der Waals surface area contributed by atoms with Crippen LogP contribution in [0.5, 0.6) is 0 Å². The highest BCUT2D eigenvalue weighted by atomic mass is 32.2. The average Bonchev–Trinajstić information content (AvgIpc) is 3.57. The molecule has 1 aliphatic rings. The molecule has 1 aromatic carbocycles. The normalized spacial score (nSPS) is 17.6. The Labute approximate surface area is 216 Å². The van der Waals surface area contributed by atoms with Crippen LogP contribution < -0.4 is 5.32 Å². The number of aromatic nitrogens is 2. The summed E-state index contributed by atoms with van der Waals surface area (Å²) in [5, 5.41) is 3.08. The molecule has 3 aromatic rings. The minimum absolute atomic E-state index is 0.0871. The van der Waals surface area contributed by atoms with Crippen LogP contribution in [0, 0.1) is 0 Å². The van der Waals surface area contributed by atoms with Gasteiger partial charge in [-0.05, 0) is 44.2 Å². The molecule has 200 valence electrons. The van der Waals surface area contributed by atoms with Gasteiger partial charge < -0.3 is 9.73 Å².